The molecule has 3 heterocycles. The SMILES string of the molecule is c1cc(OCc2nc(-c3cccs3)no2)cc(-n2cnnn2)c1. The molecule has 0 aliphatic rings. The fraction of sp³-hybridized carbons (Fsp3) is 0.0714. The lowest BCUT2D eigenvalue weighted by atomic mass is 10.3. The van der Waals surface area contributed by atoms with Gasteiger partial charge >= 0.3 is 0 Å². The van der Waals surface area contributed by atoms with Crippen molar-refractivity contribution in [2.75, 3.05) is 0 Å². The van der Waals surface area contributed by atoms with E-state index in [9.17, 15) is 0 Å². The Morgan fingerprint density at radius 3 is 3.04 bits per heavy atom. The fourth-order valence-electron chi connectivity index (χ4n) is 1.96. The molecule has 0 N–H and O–H groups in total. The van der Waals surface area contributed by atoms with Crippen LogP contribution in [-0.4, -0.2) is 30.3 Å². The molecule has 0 aliphatic heterocycles. The minimum Gasteiger partial charge on any atom is -0.484 e. The Labute approximate surface area is 134 Å². The van der Waals surface area contributed by atoms with Crippen LogP contribution in [0.4, 0.5) is 0 Å². The van der Waals surface area contributed by atoms with Crippen LogP contribution >= 0.6 is 11.3 Å². The first-order valence-electron chi connectivity index (χ1n) is 6.71. The summed E-state index contributed by atoms with van der Waals surface area (Å²) in [5.41, 5.74) is 0.803. The van der Waals surface area contributed by atoms with Gasteiger partial charge in [-0.05, 0) is 34.0 Å². The van der Waals surface area contributed by atoms with Crippen LogP contribution in [0, 0.1) is 0 Å². The number of rotatable bonds is 5. The van der Waals surface area contributed by atoms with Gasteiger partial charge in [0.15, 0.2) is 6.61 Å². The smallest absolute Gasteiger partial charge is 0.264 e. The monoisotopic (exact) mass is 326 g/mol. The van der Waals surface area contributed by atoms with E-state index >= 15 is 0 Å². The molecular weight excluding hydrogens is 316 g/mol. The Bertz CT molecular complexity index is 888. The Morgan fingerprint density at radius 1 is 1.22 bits per heavy atom. The van der Waals surface area contributed by atoms with E-state index in [0.29, 0.717) is 17.5 Å². The largest absolute Gasteiger partial charge is 0.484 e. The van der Waals surface area contributed by atoms with Gasteiger partial charge in [0.25, 0.3) is 5.89 Å². The maximum absolute atomic E-state index is 5.69. The third-order valence-electron chi connectivity index (χ3n) is 3.00. The van der Waals surface area contributed by atoms with E-state index in [0.717, 1.165) is 10.6 Å². The third-order valence-corrected chi connectivity index (χ3v) is 3.87. The number of benzene rings is 1. The van der Waals surface area contributed by atoms with Crippen LogP contribution < -0.4 is 4.74 Å². The van der Waals surface area contributed by atoms with Crippen LogP contribution in [0.5, 0.6) is 5.75 Å². The summed E-state index contributed by atoms with van der Waals surface area (Å²) in [7, 11) is 0. The highest BCUT2D eigenvalue weighted by molar-refractivity contribution is 7.13. The molecule has 3 aromatic heterocycles. The van der Waals surface area contributed by atoms with Crippen molar-refractivity contribution >= 4 is 11.3 Å². The quantitative estimate of drug-likeness (QED) is 0.556. The van der Waals surface area contributed by atoms with Crippen molar-refractivity contribution in [1.82, 2.24) is 30.3 Å². The van der Waals surface area contributed by atoms with E-state index in [2.05, 4.69) is 25.7 Å². The molecule has 8 nitrogen and oxygen atoms in total. The first-order chi connectivity index (χ1) is 11.4. The van der Waals surface area contributed by atoms with Gasteiger partial charge in [0.1, 0.15) is 12.1 Å². The molecule has 0 spiro atoms. The molecule has 0 saturated heterocycles. The number of nitrogens with zero attached hydrogens (tertiary/aromatic N) is 6. The number of tetrazole rings is 1. The lowest BCUT2D eigenvalue weighted by Gasteiger charge is -2.05. The van der Waals surface area contributed by atoms with E-state index in [1.165, 1.54) is 6.33 Å². The molecule has 0 amide bonds. The third kappa shape index (κ3) is 2.94. The molecule has 0 radical (unpaired) electrons. The van der Waals surface area contributed by atoms with Crippen molar-refractivity contribution in [1.29, 1.82) is 0 Å². The molecule has 9 heteroatoms. The molecule has 4 rings (SSSR count). The molecule has 114 valence electrons. The number of aromatic nitrogens is 6. The van der Waals surface area contributed by atoms with E-state index in [1.807, 2.05) is 41.8 Å². The van der Waals surface area contributed by atoms with Crippen molar-refractivity contribution in [2.45, 2.75) is 6.61 Å². The zero-order chi connectivity index (χ0) is 15.5. The highest BCUT2D eigenvalue weighted by Crippen LogP contribution is 2.22. The van der Waals surface area contributed by atoms with E-state index < -0.39 is 0 Å². The van der Waals surface area contributed by atoms with Crippen LogP contribution in [0.2, 0.25) is 0 Å². The predicted molar refractivity (Wildman–Crippen MR) is 81.1 cm³/mol. The summed E-state index contributed by atoms with van der Waals surface area (Å²) in [6.45, 7) is 0.192. The normalized spacial score (nSPS) is 10.8. The van der Waals surface area contributed by atoms with Crippen molar-refractivity contribution in [2.24, 2.45) is 0 Å². The molecule has 4 aromatic rings. The van der Waals surface area contributed by atoms with Crippen LogP contribution in [0.15, 0.2) is 52.6 Å². The van der Waals surface area contributed by atoms with Crippen LogP contribution in [0.3, 0.4) is 0 Å². The number of thiophene rings is 1. The standard InChI is InChI=1S/C14H10N6O2S/c1-3-10(20-9-15-18-19-20)7-11(4-1)21-8-13-16-14(17-22-13)12-5-2-6-23-12/h1-7,9H,8H2. The van der Waals surface area contributed by atoms with E-state index in [-0.39, 0.29) is 6.61 Å². The second kappa shape index (κ2) is 5.97. The lowest BCUT2D eigenvalue weighted by molar-refractivity contribution is 0.243. The molecule has 0 atom stereocenters. The molecular formula is C14H10N6O2S. The fourth-order valence-corrected chi connectivity index (χ4v) is 2.61. The molecule has 1 aromatic carbocycles. The van der Waals surface area contributed by atoms with Gasteiger partial charge < -0.3 is 9.26 Å². The van der Waals surface area contributed by atoms with E-state index in [4.69, 9.17) is 9.26 Å². The van der Waals surface area contributed by atoms with Gasteiger partial charge in [0, 0.05) is 6.07 Å². The highest BCUT2D eigenvalue weighted by atomic mass is 32.1. The Kier molecular flexibility index (Phi) is 3.53. The first-order valence-corrected chi connectivity index (χ1v) is 7.59. The van der Waals surface area contributed by atoms with Gasteiger partial charge in [0.05, 0.1) is 10.6 Å². The average Bonchev–Trinajstić information content (AvgIpc) is 3.35. The topological polar surface area (TPSA) is 91.8 Å². The summed E-state index contributed by atoms with van der Waals surface area (Å²) in [5, 5.41) is 17.0. The van der Waals surface area contributed by atoms with Gasteiger partial charge in [-0.15, -0.1) is 16.4 Å². The lowest BCUT2D eigenvalue weighted by Crippen LogP contribution is -1.98. The zero-order valence-corrected chi connectivity index (χ0v) is 12.6. The Hall–Kier alpha value is -3.07. The second-order valence-corrected chi connectivity index (χ2v) is 5.48. The van der Waals surface area contributed by atoms with Gasteiger partial charge in [-0.1, -0.05) is 17.3 Å². The van der Waals surface area contributed by atoms with Crippen LogP contribution in [0.25, 0.3) is 16.4 Å². The van der Waals surface area contributed by atoms with Gasteiger partial charge in [0.2, 0.25) is 5.82 Å². The number of ether oxygens (including phenoxy) is 1. The minimum absolute atomic E-state index is 0.192. The first kappa shape index (κ1) is 13.6. The minimum atomic E-state index is 0.192. The summed E-state index contributed by atoms with van der Waals surface area (Å²) in [6.07, 6.45) is 1.52. The van der Waals surface area contributed by atoms with Gasteiger partial charge in [-0.2, -0.15) is 4.98 Å². The second-order valence-electron chi connectivity index (χ2n) is 4.53. The maximum atomic E-state index is 5.69. The van der Waals surface area contributed by atoms with Gasteiger partial charge in [-0.25, -0.2) is 4.68 Å². The summed E-state index contributed by atoms with van der Waals surface area (Å²) < 4.78 is 12.4. The van der Waals surface area contributed by atoms with Crippen LogP contribution in [-0.2, 0) is 6.61 Å². The van der Waals surface area contributed by atoms with Crippen molar-refractivity contribution in [3.05, 3.63) is 54.0 Å². The van der Waals surface area contributed by atoms with E-state index in [1.54, 1.807) is 16.0 Å². The number of hydrogen-bond donors (Lipinski definition) is 0. The molecule has 0 saturated carbocycles. The van der Waals surface area contributed by atoms with Crippen molar-refractivity contribution < 1.29 is 9.26 Å². The summed E-state index contributed by atoms with van der Waals surface area (Å²) in [6, 6.07) is 11.3. The van der Waals surface area contributed by atoms with Crippen LogP contribution in [0.1, 0.15) is 5.89 Å². The average molecular weight is 326 g/mol. The molecule has 23 heavy (non-hydrogen) atoms. The van der Waals surface area contributed by atoms with Crippen molar-refractivity contribution in [3.63, 3.8) is 0 Å². The zero-order valence-electron chi connectivity index (χ0n) is 11.7. The Balaban J connectivity index is 1.46. The van der Waals surface area contributed by atoms with Crippen molar-refractivity contribution in [3.8, 4) is 22.1 Å². The maximum Gasteiger partial charge on any atom is 0.264 e. The summed E-state index contributed by atoms with van der Waals surface area (Å²) in [5.74, 6) is 1.65. The van der Waals surface area contributed by atoms with Gasteiger partial charge in [-0.3, -0.25) is 0 Å². The predicted octanol–water partition coefficient (Wildman–Crippen LogP) is 2.35. The molecule has 0 aliphatic carbocycles. The summed E-state index contributed by atoms with van der Waals surface area (Å²) in [4.78, 5) is 5.27. The molecule has 0 fully saturated rings. The number of hydrogen-bond acceptors (Lipinski definition) is 8. The Morgan fingerprint density at radius 2 is 2.22 bits per heavy atom. The summed E-state index contributed by atoms with van der Waals surface area (Å²) >= 11 is 1.56. The highest BCUT2D eigenvalue weighted by Gasteiger charge is 2.10. The molecule has 0 bridgehead atoms. The molecule has 0 unspecified atom stereocenters.